The van der Waals surface area contributed by atoms with E-state index >= 15 is 0 Å². The van der Waals surface area contributed by atoms with E-state index in [4.69, 9.17) is 10.5 Å². The van der Waals surface area contributed by atoms with Gasteiger partial charge in [0.1, 0.15) is 5.75 Å². The summed E-state index contributed by atoms with van der Waals surface area (Å²) in [6, 6.07) is 7.81. The maximum atomic E-state index is 5.72. The zero-order valence-electron chi connectivity index (χ0n) is 11.9. The van der Waals surface area contributed by atoms with E-state index in [0.717, 1.165) is 36.5 Å². The molecule has 2 N–H and O–H groups in total. The van der Waals surface area contributed by atoms with Crippen molar-refractivity contribution in [2.75, 3.05) is 12.3 Å². The van der Waals surface area contributed by atoms with Crippen molar-refractivity contribution in [3.63, 3.8) is 0 Å². The van der Waals surface area contributed by atoms with Crippen LogP contribution in [0.25, 0.3) is 0 Å². The Morgan fingerprint density at radius 1 is 1.35 bits per heavy atom. The lowest BCUT2D eigenvalue weighted by Crippen LogP contribution is -1.98. The first-order chi connectivity index (χ1) is 9.69. The molecule has 1 aromatic carbocycles. The summed E-state index contributed by atoms with van der Waals surface area (Å²) >= 11 is 0. The highest BCUT2D eigenvalue weighted by Gasteiger charge is 1.98. The Kier molecular flexibility index (Phi) is 4.76. The Hall–Kier alpha value is -2.30. The first-order valence-corrected chi connectivity index (χ1v) is 6.77. The van der Waals surface area contributed by atoms with Gasteiger partial charge < -0.3 is 10.5 Å². The number of aromatic nitrogens is 2. The van der Waals surface area contributed by atoms with Crippen molar-refractivity contribution in [2.24, 2.45) is 5.10 Å². The van der Waals surface area contributed by atoms with E-state index < -0.39 is 0 Å². The molecule has 0 amide bonds. The van der Waals surface area contributed by atoms with Crippen LogP contribution in [0.2, 0.25) is 0 Å². The summed E-state index contributed by atoms with van der Waals surface area (Å²) < 4.78 is 7.16. The average molecular weight is 272 g/mol. The third-order valence-corrected chi connectivity index (χ3v) is 2.81. The van der Waals surface area contributed by atoms with Crippen LogP contribution in [0.1, 0.15) is 31.0 Å². The number of anilines is 1. The second kappa shape index (κ2) is 6.75. The van der Waals surface area contributed by atoms with Crippen molar-refractivity contribution in [1.29, 1.82) is 0 Å². The molecule has 2 rings (SSSR count). The zero-order valence-corrected chi connectivity index (χ0v) is 11.9. The number of nitrogens with two attached hydrogens (primary N) is 1. The largest absolute Gasteiger partial charge is 0.494 e. The molecule has 0 saturated carbocycles. The van der Waals surface area contributed by atoms with Crippen molar-refractivity contribution >= 4 is 12.2 Å². The van der Waals surface area contributed by atoms with Gasteiger partial charge in [-0.25, -0.2) is 9.66 Å². The predicted molar refractivity (Wildman–Crippen MR) is 81.2 cm³/mol. The van der Waals surface area contributed by atoms with Gasteiger partial charge in [0, 0.05) is 0 Å². The maximum Gasteiger partial charge on any atom is 0.221 e. The van der Waals surface area contributed by atoms with Crippen molar-refractivity contribution in [3.05, 3.63) is 41.7 Å². The molecule has 0 aliphatic heterocycles. The molecule has 0 aliphatic rings. The van der Waals surface area contributed by atoms with Gasteiger partial charge in [0.15, 0.2) is 0 Å². The molecule has 0 bridgehead atoms. The van der Waals surface area contributed by atoms with E-state index in [1.807, 2.05) is 31.2 Å². The minimum absolute atomic E-state index is 0.387. The topological polar surface area (TPSA) is 65.4 Å². The fourth-order valence-corrected chi connectivity index (χ4v) is 1.71. The van der Waals surface area contributed by atoms with Crippen LogP contribution in [0, 0.1) is 6.92 Å². The maximum absolute atomic E-state index is 5.72. The molecule has 5 heteroatoms. The van der Waals surface area contributed by atoms with Crippen molar-refractivity contribution in [3.8, 4) is 5.75 Å². The molecule has 0 fully saturated rings. The predicted octanol–water partition coefficient (Wildman–Crippen LogP) is 2.83. The highest BCUT2D eigenvalue weighted by molar-refractivity contribution is 5.79. The second-order valence-corrected chi connectivity index (χ2v) is 4.60. The molecule has 0 atom stereocenters. The van der Waals surface area contributed by atoms with Crippen LogP contribution in [-0.2, 0) is 0 Å². The monoisotopic (exact) mass is 272 g/mol. The van der Waals surface area contributed by atoms with E-state index in [0.29, 0.717) is 5.95 Å². The molecule has 1 aromatic heterocycles. The van der Waals surface area contributed by atoms with Crippen LogP contribution >= 0.6 is 0 Å². The van der Waals surface area contributed by atoms with Gasteiger partial charge in [0.25, 0.3) is 0 Å². The number of aryl methyl sites for hydroxylation is 1. The number of hydrogen-bond donors (Lipinski definition) is 1. The van der Waals surface area contributed by atoms with Gasteiger partial charge in [0.05, 0.1) is 24.7 Å². The normalized spacial score (nSPS) is 11.1. The van der Waals surface area contributed by atoms with Crippen molar-refractivity contribution in [1.82, 2.24) is 9.66 Å². The number of hydrogen-bond acceptors (Lipinski definition) is 4. The summed E-state index contributed by atoms with van der Waals surface area (Å²) in [7, 11) is 0. The molecule has 5 nitrogen and oxygen atoms in total. The van der Waals surface area contributed by atoms with Crippen LogP contribution in [-0.4, -0.2) is 22.5 Å². The Morgan fingerprint density at radius 3 is 2.70 bits per heavy atom. The van der Waals surface area contributed by atoms with Crippen LogP contribution < -0.4 is 10.5 Å². The number of imidazole rings is 1. The SMILES string of the molecule is CCCCOc1ccc(C=Nn2cc(C)nc2N)cc1. The van der Waals surface area contributed by atoms with E-state index in [2.05, 4.69) is 17.0 Å². The highest BCUT2D eigenvalue weighted by Crippen LogP contribution is 2.12. The number of benzene rings is 1. The molecule has 2 aromatic rings. The second-order valence-electron chi connectivity index (χ2n) is 4.60. The summed E-state index contributed by atoms with van der Waals surface area (Å²) in [6.07, 6.45) is 5.74. The summed E-state index contributed by atoms with van der Waals surface area (Å²) in [4.78, 5) is 4.09. The molecular weight excluding hydrogens is 252 g/mol. The number of ether oxygens (including phenoxy) is 1. The Morgan fingerprint density at radius 2 is 2.10 bits per heavy atom. The zero-order chi connectivity index (χ0) is 14.4. The molecule has 0 saturated heterocycles. The molecule has 1 heterocycles. The lowest BCUT2D eigenvalue weighted by atomic mass is 10.2. The summed E-state index contributed by atoms with van der Waals surface area (Å²) in [5.41, 5.74) is 7.55. The summed E-state index contributed by atoms with van der Waals surface area (Å²) in [5, 5.41) is 4.27. The molecule has 0 unspecified atom stereocenters. The van der Waals surface area contributed by atoms with Crippen LogP contribution in [0.5, 0.6) is 5.75 Å². The van der Waals surface area contributed by atoms with E-state index in [9.17, 15) is 0 Å². The van der Waals surface area contributed by atoms with Crippen LogP contribution in [0.3, 0.4) is 0 Å². The van der Waals surface area contributed by atoms with Crippen molar-refractivity contribution < 1.29 is 4.74 Å². The van der Waals surface area contributed by atoms with Gasteiger partial charge in [-0.05, 0) is 43.2 Å². The molecular formula is C15H20N4O. The molecule has 20 heavy (non-hydrogen) atoms. The molecule has 0 aliphatic carbocycles. The third-order valence-electron chi connectivity index (χ3n) is 2.81. The molecule has 0 spiro atoms. The van der Waals surface area contributed by atoms with E-state index in [-0.39, 0.29) is 0 Å². The summed E-state index contributed by atoms with van der Waals surface area (Å²) in [5.74, 6) is 1.27. The average Bonchev–Trinajstić information content (AvgIpc) is 2.76. The molecule has 106 valence electrons. The first kappa shape index (κ1) is 14.1. The lowest BCUT2D eigenvalue weighted by Gasteiger charge is -2.04. The van der Waals surface area contributed by atoms with E-state index in [1.165, 1.54) is 0 Å². The fraction of sp³-hybridized carbons (Fsp3) is 0.333. The fourth-order valence-electron chi connectivity index (χ4n) is 1.71. The Bertz CT molecular complexity index is 572. The quantitative estimate of drug-likeness (QED) is 0.649. The van der Waals surface area contributed by atoms with Gasteiger partial charge in [-0.1, -0.05) is 13.3 Å². The van der Waals surface area contributed by atoms with Gasteiger partial charge in [-0.15, -0.1) is 0 Å². The third kappa shape index (κ3) is 3.85. The van der Waals surface area contributed by atoms with Gasteiger partial charge in [-0.3, -0.25) is 0 Å². The Balaban J connectivity index is 1.98. The first-order valence-electron chi connectivity index (χ1n) is 6.77. The Labute approximate surface area is 119 Å². The van der Waals surface area contributed by atoms with Crippen molar-refractivity contribution in [2.45, 2.75) is 26.7 Å². The smallest absolute Gasteiger partial charge is 0.221 e. The minimum Gasteiger partial charge on any atom is -0.494 e. The van der Waals surface area contributed by atoms with Crippen LogP contribution in [0.15, 0.2) is 35.6 Å². The van der Waals surface area contributed by atoms with Gasteiger partial charge in [-0.2, -0.15) is 5.10 Å². The number of unbranched alkanes of at least 4 members (excludes halogenated alkanes) is 1. The molecule has 0 radical (unpaired) electrons. The number of nitrogen functional groups attached to an aromatic ring is 1. The van der Waals surface area contributed by atoms with Gasteiger partial charge in [0.2, 0.25) is 5.95 Å². The van der Waals surface area contributed by atoms with Crippen LogP contribution in [0.4, 0.5) is 5.95 Å². The lowest BCUT2D eigenvalue weighted by molar-refractivity contribution is 0.309. The highest BCUT2D eigenvalue weighted by atomic mass is 16.5. The number of rotatable bonds is 6. The minimum atomic E-state index is 0.387. The standard InChI is InChI=1S/C15H20N4O/c1-3-4-9-20-14-7-5-13(6-8-14)10-17-19-11-12(2)18-15(19)16/h5-8,10-11H,3-4,9H2,1-2H3,(H2,16,18). The van der Waals surface area contributed by atoms with Gasteiger partial charge >= 0.3 is 0 Å². The number of nitrogens with zero attached hydrogens (tertiary/aromatic N) is 3. The van der Waals surface area contributed by atoms with E-state index in [1.54, 1.807) is 17.1 Å². The summed E-state index contributed by atoms with van der Waals surface area (Å²) in [6.45, 7) is 4.78.